The second-order valence-corrected chi connectivity index (χ2v) is 7.73. The lowest BCUT2D eigenvalue weighted by Crippen LogP contribution is -2.24. The van der Waals surface area contributed by atoms with E-state index in [2.05, 4.69) is 41.3 Å². The van der Waals surface area contributed by atoms with E-state index in [9.17, 15) is 4.79 Å². The van der Waals surface area contributed by atoms with E-state index in [0.717, 1.165) is 11.1 Å². The monoisotopic (exact) mass is 379 g/mol. The van der Waals surface area contributed by atoms with Gasteiger partial charge in [0.2, 0.25) is 17.6 Å². The van der Waals surface area contributed by atoms with Gasteiger partial charge in [-0.05, 0) is 43.0 Å². The van der Waals surface area contributed by atoms with Gasteiger partial charge in [0, 0.05) is 30.0 Å². The van der Waals surface area contributed by atoms with E-state index in [1.165, 1.54) is 10.5 Å². The van der Waals surface area contributed by atoms with Gasteiger partial charge in [-0.15, -0.1) is 11.8 Å². The lowest BCUT2D eigenvalue weighted by molar-refractivity contribution is -0.128. The molecule has 1 aliphatic heterocycles. The second kappa shape index (κ2) is 7.56. The van der Waals surface area contributed by atoms with Crippen LogP contribution in [0.5, 0.6) is 0 Å². The zero-order valence-corrected chi connectivity index (χ0v) is 16.2. The molecule has 1 aliphatic rings. The summed E-state index contributed by atoms with van der Waals surface area (Å²) in [5.74, 6) is 1.19. The minimum absolute atomic E-state index is 0.0466. The van der Waals surface area contributed by atoms with Gasteiger partial charge in [0.1, 0.15) is 0 Å². The number of aromatic nitrogens is 2. The molecular formula is C21H21N3O2S. The van der Waals surface area contributed by atoms with Crippen LogP contribution in [0.4, 0.5) is 0 Å². The number of likely N-dealkylation sites (tertiary alicyclic amines) is 1. The number of hydrogen-bond donors (Lipinski definition) is 0. The number of benzene rings is 2. The second-order valence-electron chi connectivity index (χ2n) is 6.85. The lowest BCUT2D eigenvalue weighted by Gasteiger charge is -2.16. The summed E-state index contributed by atoms with van der Waals surface area (Å²) >= 11 is 1.69. The molecule has 0 N–H and O–H groups in total. The van der Waals surface area contributed by atoms with Gasteiger partial charge in [-0.1, -0.05) is 35.0 Å². The molecule has 0 spiro atoms. The Hall–Kier alpha value is -2.60. The van der Waals surface area contributed by atoms with Crippen molar-refractivity contribution in [2.75, 3.05) is 12.8 Å². The zero-order chi connectivity index (χ0) is 18.8. The first-order valence-corrected chi connectivity index (χ1v) is 10.2. The van der Waals surface area contributed by atoms with Crippen LogP contribution in [0.1, 0.15) is 29.4 Å². The van der Waals surface area contributed by atoms with E-state index in [4.69, 9.17) is 4.52 Å². The summed E-state index contributed by atoms with van der Waals surface area (Å²) in [6.07, 6.45) is 2.46. The molecule has 5 nitrogen and oxygen atoms in total. The van der Waals surface area contributed by atoms with E-state index >= 15 is 0 Å². The number of thioether (sulfide) groups is 1. The molecule has 1 aromatic heterocycles. The quantitative estimate of drug-likeness (QED) is 0.619. The fourth-order valence-corrected chi connectivity index (χ4v) is 3.67. The molecule has 4 rings (SSSR count). The van der Waals surface area contributed by atoms with Gasteiger partial charge in [-0.3, -0.25) is 4.79 Å². The topological polar surface area (TPSA) is 59.2 Å². The Labute approximate surface area is 162 Å². The Morgan fingerprint density at radius 1 is 1.15 bits per heavy atom. The first-order valence-electron chi connectivity index (χ1n) is 8.94. The van der Waals surface area contributed by atoms with Crippen LogP contribution in [0, 0.1) is 6.92 Å². The summed E-state index contributed by atoms with van der Waals surface area (Å²) in [5.41, 5.74) is 3.27. The molecule has 0 aliphatic carbocycles. The van der Waals surface area contributed by atoms with Crippen LogP contribution in [-0.4, -0.2) is 33.7 Å². The highest BCUT2D eigenvalue weighted by Gasteiger charge is 2.34. The van der Waals surface area contributed by atoms with Crippen molar-refractivity contribution in [3.05, 3.63) is 65.5 Å². The summed E-state index contributed by atoms with van der Waals surface area (Å²) < 4.78 is 5.48. The molecule has 1 unspecified atom stereocenters. The van der Waals surface area contributed by atoms with Crippen molar-refractivity contribution in [2.24, 2.45) is 0 Å². The third-order valence-corrected chi connectivity index (χ3v) is 5.59. The van der Waals surface area contributed by atoms with Crippen LogP contribution in [0.3, 0.4) is 0 Å². The Morgan fingerprint density at radius 2 is 1.89 bits per heavy atom. The predicted molar refractivity (Wildman–Crippen MR) is 105 cm³/mol. The fraction of sp³-hybridized carbons (Fsp3) is 0.286. The summed E-state index contributed by atoms with van der Waals surface area (Å²) in [7, 11) is 0. The number of nitrogens with zero attached hydrogens (tertiary/aromatic N) is 3. The van der Waals surface area contributed by atoms with Crippen LogP contribution in [-0.2, 0) is 11.3 Å². The average molecular weight is 379 g/mol. The standard InChI is InChI=1S/C21H21N3O2S/c1-14-3-5-15(6-4-14)12-24-13-17(11-19(24)25)21-22-20(23-26-21)16-7-9-18(27-2)10-8-16/h3-10,17H,11-13H2,1-2H3. The molecule has 2 aromatic carbocycles. The Kier molecular flexibility index (Phi) is 4.99. The predicted octanol–water partition coefficient (Wildman–Crippen LogP) is 4.28. The third-order valence-electron chi connectivity index (χ3n) is 4.85. The first kappa shape index (κ1) is 17.8. The van der Waals surface area contributed by atoms with Gasteiger partial charge in [0.25, 0.3) is 0 Å². The number of hydrogen-bond acceptors (Lipinski definition) is 5. The molecule has 6 heteroatoms. The van der Waals surface area contributed by atoms with Crippen molar-refractivity contribution >= 4 is 17.7 Å². The summed E-state index contributed by atoms with van der Waals surface area (Å²) in [6, 6.07) is 16.3. The van der Waals surface area contributed by atoms with E-state index < -0.39 is 0 Å². The molecule has 1 amide bonds. The van der Waals surface area contributed by atoms with Crippen LogP contribution >= 0.6 is 11.8 Å². The SMILES string of the molecule is CSc1ccc(-c2noc(C3CC(=O)N(Cc4ccc(C)cc4)C3)n2)cc1. The summed E-state index contributed by atoms with van der Waals surface area (Å²) in [4.78, 5) is 20.0. The number of rotatable bonds is 5. The summed E-state index contributed by atoms with van der Waals surface area (Å²) in [6.45, 7) is 3.29. The molecule has 1 fully saturated rings. The number of carbonyl (C=O) groups excluding carboxylic acids is 1. The van der Waals surface area contributed by atoms with E-state index in [1.807, 2.05) is 35.4 Å². The molecule has 3 aromatic rings. The zero-order valence-electron chi connectivity index (χ0n) is 15.4. The van der Waals surface area contributed by atoms with Gasteiger partial charge in [-0.2, -0.15) is 4.98 Å². The smallest absolute Gasteiger partial charge is 0.232 e. The molecule has 1 atom stereocenters. The molecular weight excluding hydrogens is 358 g/mol. The van der Waals surface area contributed by atoms with Crippen LogP contribution in [0.2, 0.25) is 0 Å². The molecule has 138 valence electrons. The Bertz CT molecular complexity index is 935. The van der Waals surface area contributed by atoms with E-state index in [-0.39, 0.29) is 11.8 Å². The minimum atomic E-state index is -0.0466. The van der Waals surface area contributed by atoms with Crippen molar-refractivity contribution in [1.29, 1.82) is 0 Å². The number of amides is 1. The largest absolute Gasteiger partial charge is 0.339 e. The van der Waals surface area contributed by atoms with Crippen molar-refractivity contribution in [3.63, 3.8) is 0 Å². The lowest BCUT2D eigenvalue weighted by atomic mass is 10.1. The van der Waals surface area contributed by atoms with Gasteiger partial charge >= 0.3 is 0 Å². The highest BCUT2D eigenvalue weighted by Crippen LogP contribution is 2.30. The normalized spacial score (nSPS) is 16.9. The summed E-state index contributed by atoms with van der Waals surface area (Å²) in [5, 5.41) is 4.11. The molecule has 2 heterocycles. The van der Waals surface area contributed by atoms with Gasteiger partial charge in [0.15, 0.2) is 0 Å². The van der Waals surface area contributed by atoms with Crippen molar-refractivity contribution in [3.8, 4) is 11.4 Å². The number of aryl methyl sites for hydroxylation is 1. The number of carbonyl (C=O) groups is 1. The van der Waals surface area contributed by atoms with Crippen molar-refractivity contribution < 1.29 is 9.32 Å². The fourth-order valence-electron chi connectivity index (χ4n) is 3.26. The highest BCUT2D eigenvalue weighted by molar-refractivity contribution is 7.98. The molecule has 0 bridgehead atoms. The molecule has 1 saturated heterocycles. The van der Waals surface area contributed by atoms with Gasteiger partial charge in [-0.25, -0.2) is 0 Å². The Balaban J connectivity index is 1.45. The maximum Gasteiger partial charge on any atom is 0.232 e. The minimum Gasteiger partial charge on any atom is -0.339 e. The molecule has 0 saturated carbocycles. The maximum absolute atomic E-state index is 12.4. The van der Waals surface area contributed by atoms with Crippen LogP contribution in [0.15, 0.2) is 57.9 Å². The third kappa shape index (κ3) is 3.90. The van der Waals surface area contributed by atoms with Crippen molar-refractivity contribution in [1.82, 2.24) is 15.0 Å². The van der Waals surface area contributed by atoms with Gasteiger partial charge in [0.05, 0.1) is 5.92 Å². The van der Waals surface area contributed by atoms with Gasteiger partial charge < -0.3 is 9.42 Å². The van der Waals surface area contributed by atoms with Crippen LogP contribution in [0.25, 0.3) is 11.4 Å². The maximum atomic E-state index is 12.4. The molecule has 0 radical (unpaired) electrons. The highest BCUT2D eigenvalue weighted by atomic mass is 32.2. The first-order chi connectivity index (χ1) is 13.1. The Morgan fingerprint density at radius 3 is 2.59 bits per heavy atom. The van der Waals surface area contributed by atoms with E-state index in [1.54, 1.807) is 11.8 Å². The van der Waals surface area contributed by atoms with Crippen LogP contribution < -0.4 is 0 Å². The average Bonchev–Trinajstić information content (AvgIpc) is 3.31. The van der Waals surface area contributed by atoms with E-state index in [0.29, 0.717) is 31.2 Å². The molecule has 27 heavy (non-hydrogen) atoms. The van der Waals surface area contributed by atoms with Crippen molar-refractivity contribution in [2.45, 2.75) is 30.7 Å².